The Hall–Kier alpha value is -3.35. The molecule has 1 saturated heterocycles. The molecule has 1 unspecified atom stereocenters. The van der Waals surface area contributed by atoms with E-state index in [1.165, 1.54) is 6.07 Å². The third-order valence-electron chi connectivity index (χ3n) is 6.01. The molecule has 1 aliphatic heterocycles. The van der Waals surface area contributed by atoms with E-state index in [1.54, 1.807) is 12.1 Å². The fourth-order valence-corrected chi connectivity index (χ4v) is 4.18. The van der Waals surface area contributed by atoms with Gasteiger partial charge in [0.05, 0.1) is 11.3 Å². The van der Waals surface area contributed by atoms with Crippen LogP contribution in [0.1, 0.15) is 40.4 Å². The quantitative estimate of drug-likeness (QED) is 0.497. The Labute approximate surface area is 191 Å². The smallest absolute Gasteiger partial charge is 0.378 e. The van der Waals surface area contributed by atoms with Crippen LogP contribution in [-0.4, -0.2) is 43.0 Å². The lowest BCUT2D eigenvalue weighted by molar-refractivity contribution is -0.137. The molecule has 0 bridgehead atoms. The van der Waals surface area contributed by atoms with Gasteiger partial charge in [0.25, 0.3) is 5.91 Å². The third kappa shape index (κ3) is 5.18. The zero-order chi connectivity index (χ0) is 23.6. The van der Waals surface area contributed by atoms with E-state index < -0.39 is 11.7 Å². The number of aromatic nitrogens is 1. The van der Waals surface area contributed by atoms with E-state index in [0.717, 1.165) is 36.4 Å². The number of hydrogen-bond donors (Lipinski definition) is 0. The molecule has 7 heteroatoms. The molecule has 2 aromatic carbocycles. The van der Waals surface area contributed by atoms with Crippen molar-refractivity contribution in [1.82, 2.24) is 9.88 Å². The Kier molecular flexibility index (Phi) is 6.40. The third-order valence-corrected chi connectivity index (χ3v) is 6.01. The molecule has 0 spiro atoms. The highest BCUT2D eigenvalue weighted by molar-refractivity contribution is 5.94. The van der Waals surface area contributed by atoms with Crippen molar-refractivity contribution >= 4 is 11.6 Å². The second-order valence-corrected chi connectivity index (χ2v) is 8.56. The predicted molar refractivity (Wildman–Crippen MR) is 123 cm³/mol. The van der Waals surface area contributed by atoms with Crippen LogP contribution in [0, 0.1) is 0 Å². The fraction of sp³-hybridized carbons (Fsp3) is 0.308. The average Bonchev–Trinajstić information content (AvgIpc) is 2.83. The molecule has 0 radical (unpaired) electrons. The van der Waals surface area contributed by atoms with E-state index in [4.69, 9.17) is 0 Å². The Morgan fingerprint density at radius 2 is 1.76 bits per heavy atom. The average molecular weight is 454 g/mol. The Morgan fingerprint density at radius 3 is 2.45 bits per heavy atom. The number of hydrogen-bond acceptors (Lipinski definition) is 3. The van der Waals surface area contributed by atoms with Gasteiger partial charge in [-0.15, -0.1) is 0 Å². The van der Waals surface area contributed by atoms with Crippen LogP contribution in [-0.2, 0) is 6.18 Å². The molecule has 3 aromatic rings. The summed E-state index contributed by atoms with van der Waals surface area (Å²) >= 11 is 0. The predicted octanol–water partition coefficient (Wildman–Crippen LogP) is 5.85. The summed E-state index contributed by atoms with van der Waals surface area (Å²) < 4.78 is 39.3. The van der Waals surface area contributed by atoms with Crippen LogP contribution in [0.2, 0.25) is 0 Å². The maximum atomic E-state index is 13.1. The lowest BCUT2D eigenvalue weighted by Gasteiger charge is -2.33. The Bertz CT molecular complexity index is 1130. The van der Waals surface area contributed by atoms with E-state index >= 15 is 0 Å². The maximum absolute atomic E-state index is 13.1. The Morgan fingerprint density at radius 1 is 1.03 bits per heavy atom. The summed E-state index contributed by atoms with van der Waals surface area (Å²) in [5.74, 6) is 0.0218. The highest BCUT2D eigenvalue weighted by Gasteiger charge is 2.31. The van der Waals surface area contributed by atoms with Gasteiger partial charge in [0.15, 0.2) is 0 Å². The van der Waals surface area contributed by atoms with Crippen molar-refractivity contribution in [1.29, 1.82) is 0 Å². The second kappa shape index (κ2) is 9.25. The van der Waals surface area contributed by atoms with Gasteiger partial charge in [0.1, 0.15) is 0 Å². The Balaban J connectivity index is 1.52. The van der Waals surface area contributed by atoms with Crippen molar-refractivity contribution in [3.05, 3.63) is 83.6 Å². The normalized spacial score (nSPS) is 16.5. The summed E-state index contributed by atoms with van der Waals surface area (Å²) in [6.07, 6.45) is -2.67. The van der Waals surface area contributed by atoms with Gasteiger partial charge >= 0.3 is 6.18 Å². The minimum Gasteiger partial charge on any atom is -0.378 e. The molecule has 172 valence electrons. The highest BCUT2D eigenvalue weighted by atomic mass is 19.4. The molecule has 2 heterocycles. The zero-order valence-corrected chi connectivity index (χ0v) is 18.6. The highest BCUT2D eigenvalue weighted by Crippen LogP contribution is 2.33. The molecule has 33 heavy (non-hydrogen) atoms. The first-order valence-corrected chi connectivity index (χ1v) is 10.9. The molecule has 1 fully saturated rings. The van der Waals surface area contributed by atoms with Crippen LogP contribution in [0.5, 0.6) is 0 Å². The molecule has 0 saturated carbocycles. The minimum atomic E-state index is -4.40. The van der Waals surface area contributed by atoms with Gasteiger partial charge in [-0.1, -0.05) is 18.2 Å². The largest absolute Gasteiger partial charge is 0.416 e. The zero-order valence-electron chi connectivity index (χ0n) is 18.6. The van der Waals surface area contributed by atoms with E-state index in [2.05, 4.69) is 4.98 Å². The molecule has 1 amide bonds. The molecule has 4 nitrogen and oxygen atoms in total. The fourth-order valence-electron chi connectivity index (χ4n) is 4.18. The topological polar surface area (TPSA) is 36.4 Å². The first-order valence-electron chi connectivity index (χ1n) is 10.9. The lowest BCUT2D eigenvalue weighted by Crippen LogP contribution is -2.39. The maximum Gasteiger partial charge on any atom is 0.416 e. The van der Waals surface area contributed by atoms with Gasteiger partial charge in [-0.3, -0.25) is 9.78 Å². The van der Waals surface area contributed by atoms with E-state index in [-0.39, 0.29) is 11.8 Å². The number of halogens is 3. The number of pyridine rings is 1. The SMILES string of the molecule is CN(C)c1ccc(C(=O)N2CCCC(c3cccc(-c4cccc(C(F)(F)F)c4)n3)C2)cc1. The van der Waals surface area contributed by atoms with Crippen molar-refractivity contribution in [2.75, 3.05) is 32.1 Å². The first-order chi connectivity index (χ1) is 15.7. The summed E-state index contributed by atoms with van der Waals surface area (Å²) in [5, 5.41) is 0. The van der Waals surface area contributed by atoms with Gasteiger partial charge in [0.2, 0.25) is 0 Å². The van der Waals surface area contributed by atoms with Crippen LogP contribution in [0.25, 0.3) is 11.3 Å². The number of amides is 1. The van der Waals surface area contributed by atoms with E-state index in [9.17, 15) is 18.0 Å². The number of nitrogens with zero attached hydrogens (tertiary/aromatic N) is 3. The van der Waals surface area contributed by atoms with Gasteiger partial charge in [-0.25, -0.2) is 0 Å². The van der Waals surface area contributed by atoms with Gasteiger partial charge < -0.3 is 9.80 Å². The summed E-state index contributed by atoms with van der Waals surface area (Å²) in [4.78, 5) is 21.6. The summed E-state index contributed by atoms with van der Waals surface area (Å²) in [5.41, 5.74) is 2.70. The number of benzene rings is 2. The monoisotopic (exact) mass is 453 g/mol. The van der Waals surface area contributed by atoms with Crippen LogP contribution >= 0.6 is 0 Å². The molecular weight excluding hydrogens is 427 g/mol. The molecule has 4 rings (SSSR count). The molecular formula is C26H26F3N3O. The summed E-state index contributed by atoms with van der Waals surface area (Å²) in [6.45, 7) is 1.21. The number of carbonyl (C=O) groups is 1. The number of piperidine rings is 1. The van der Waals surface area contributed by atoms with Crippen LogP contribution in [0.15, 0.2) is 66.7 Å². The number of carbonyl (C=O) groups excluding carboxylic acids is 1. The van der Waals surface area contributed by atoms with E-state index in [0.29, 0.717) is 29.9 Å². The minimum absolute atomic E-state index is 0.0148. The molecule has 0 aliphatic carbocycles. The molecule has 1 aromatic heterocycles. The summed E-state index contributed by atoms with van der Waals surface area (Å²) in [7, 11) is 3.90. The number of anilines is 1. The first kappa shape index (κ1) is 22.8. The van der Waals surface area contributed by atoms with Crippen LogP contribution < -0.4 is 4.90 Å². The van der Waals surface area contributed by atoms with Crippen LogP contribution in [0.3, 0.4) is 0 Å². The van der Waals surface area contributed by atoms with Crippen molar-refractivity contribution in [2.24, 2.45) is 0 Å². The molecule has 1 aliphatic rings. The standard InChI is InChI=1S/C26H26F3N3O/c1-31(2)22-13-11-18(12-14-22)25(33)32-15-5-7-20(17-32)24-10-4-9-23(30-24)19-6-3-8-21(16-19)26(27,28)29/h3-4,6,8-14,16,20H,5,7,15,17H2,1-2H3. The van der Waals surface area contributed by atoms with Gasteiger partial charge in [-0.05, 0) is 61.4 Å². The van der Waals surface area contributed by atoms with Gasteiger partial charge in [-0.2, -0.15) is 13.2 Å². The van der Waals surface area contributed by atoms with Crippen LogP contribution in [0.4, 0.5) is 18.9 Å². The second-order valence-electron chi connectivity index (χ2n) is 8.56. The summed E-state index contributed by atoms with van der Waals surface area (Å²) in [6, 6.07) is 18.2. The van der Waals surface area contributed by atoms with E-state index in [1.807, 2.05) is 60.3 Å². The van der Waals surface area contributed by atoms with Crippen molar-refractivity contribution < 1.29 is 18.0 Å². The number of alkyl halides is 3. The van der Waals surface area contributed by atoms with Gasteiger partial charge in [0, 0.05) is 55.6 Å². The number of rotatable bonds is 4. The number of likely N-dealkylation sites (tertiary alicyclic amines) is 1. The molecule has 0 N–H and O–H groups in total. The molecule has 1 atom stereocenters. The van der Waals surface area contributed by atoms with Crippen molar-refractivity contribution in [2.45, 2.75) is 24.9 Å². The van der Waals surface area contributed by atoms with Crippen molar-refractivity contribution in [3.63, 3.8) is 0 Å². The lowest BCUT2D eigenvalue weighted by atomic mass is 9.93. The van der Waals surface area contributed by atoms with Crippen molar-refractivity contribution in [3.8, 4) is 11.3 Å².